The van der Waals surface area contributed by atoms with Crippen LogP contribution in [0.5, 0.6) is 0 Å². The molecule has 1 heterocycles. The number of rotatable bonds is 3. The number of carbonyl (C=O) groups is 2. The lowest BCUT2D eigenvalue weighted by Crippen LogP contribution is -2.29. The minimum atomic E-state index is -0.513. The van der Waals surface area contributed by atoms with E-state index in [-0.39, 0.29) is 29.5 Å². The van der Waals surface area contributed by atoms with Crippen LogP contribution in [-0.2, 0) is 11.3 Å². The number of hydrogen-bond donors (Lipinski definition) is 0. The largest absolute Gasteiger partial charge is 0.307 e. The van der Waals surface area contributed by atoms with E-state index in [9.17, 15) is 19.7 Å². The molecule has 0 saturated heterocycles. The van der Waals surface area contributed by atoms with E-state index in [0.29, 0.717) is 33.5 Å². The molecule has 1 amide bonds. The molecule has 0 unspecified atom stereocenters. The van der Waals surface area contributed by atoms with Gasteiger partial charge in [0.15, 0.2) is 5.78 Å². The fourth-order valence-electron chi connectivity index (χ4n) is 3.89. The molecule has 160 valence electrons. The highest BCUT2D eigenvalue weighted by Gasteiger charge is 2.23. The zero-order valence-corrected chi connectivity index (χ0v) is 17.5. The van der Waals surface area contributed by atoms with Crippen LogP contribution in [0.25, 0.3) is 23.3 Å². The van der Waals surface area contributed by atoms with Crippen molar-refractivity contribution in [1.82, 2.24) is 0 Å². The molecule has 0 radical (unpaired) electrons. The number of nitrogens with zero attached hydrogens (tertiary/aromatic N) is 2. The molecule has 1 aliphatic heterocycles. The summed E-state index contributed by atoms with van der Waals surface area (Å²) in [6, 6.07) is 14.1. The van der Waals surface area contributed by atoms with Crippen LogP contribution in [0, 0.1) is 15.9 Å². The summed E-state index contributed by atoms with van der Waals surface area (Å²) < 4.78 is 15.1. The smallest absolute Gasteiger partial charge is 0.271 e. The van der Waals surface area contributed by atoms with Gasteiger partial charge in [0.2, 0.25) is 5.91 Å². The molecule has 0 aromatic heterocycles. The van der Waals surface area contributed by atoms with E-state index in [1.54, 1.807) is 48.6 Å². The van der Waals surface area contributed by atoms with Crippen LogP contribution < -0.4 is 4.90 Å². The van der Waals surface area contributed by atoms with Crippen molar-refractivity contribution in [2.75, 3.05) is 4.90 Å². The first-order valence-corrected chi connectivity index (χ1v) is 9.93. The number of fused-ring (bicyclic) bond motifs is 2. The number of anilines is 1. The van der Waals surface area contributed by atoms with E-state index < -0.39 is 10.7 Å². The van der Waals surface area contributed by atoms with Crippen molar-refractivity contribution in [2.24, 2.45) is 0 Å². The molecular weight excluding hydrogens is 411 g/mol. The Morgan fingerprint density at radius 3 is 2.38 bits per heavy atom. The number of Topliss-reactive ketones (excluding diaryl/α,β-unsaturated/α-hetero) is 1. The second-order valence-corrected chi connectivity index (χ2v) is 7.57. The van der Waals surface area contributed by atoms with Crippen LogP contribution in [0.15, 0.2) is 54.6 Å². The number of non-ortho nitro benzene ring substituents is 1. The van der Waals surface area contributed by atoms with Crippen molar-refractivity contribution in [3.63, 3.8) is 0 Å². The van der Waals surface area contributed by atoms with Crippen molar-refractivity contribution in [3.05, 3.63) is 92.8 Å². The van der Waals surface area contributed by atoms with E-state index in [4.69, 9.17) is 0 Å². The van der Waals surface area contributed by atoms with Crippen LogP contribution in [0.3, 0.4) is 0 Å². The standard InChI is InChI=1S/C25H19FN2O4/c1-15(29)21-5-3-4-6-22(21)23-11-19-14-27(16(2)30)25-13-20(28(31)32)10-9-17(25)7-8-18(19)12-24(23)26/h3-13H,14H2,1-2H3. The molecule has 6 nitrogen and oxygen atoms in total. The molecular formula is C25H19FN2O4. The van der Waals surface area contributed by atoms with E-state index in [1.165, 1.54) is 36.9 Å². The second kappa shape index (κ2) is 8.19. The van der Waals surface area contributed by atoms with E-state index >= 15 is 4.39 Å². The highest BCUT2D eigenvalue weighted by molar-refractivity contribution is 6.01. The number of ketones is 1. The Morgan fingerprint density at radius 1 is 0.969 bits per heavy atom. The van der Waals surface area contributed by atoms with Gasteiger partial charge in [0.05, 0.1) is 17.2 Å². The molecule has 3 aromatic rings. The molecule has 1 aliphatic rings. The van der Waals surface area contributed by atoms with Crippen LogP contribution in [0.2, 0.25) is 0 Å². The highest BCUT2D eigenvalue weighted by atomic mass is 19.1. The van der Waals surface area contributed by atoms with Gasteiger partial charge in [0, 0.05) is 30.2 Å². The SMILES string of the molecule is CC(=O)c1ccccc1-c1cc2c(cc1F)C=Cc1ccc([N+](=O)[O-])cc1N(C(C)=O)C2. The Kier molecular flexibility index (Phi) is 5.40. The Bertz CT molecular complexity index is 1310. The molecule has 3 aromatic carbocycles. The molecule has 0 fully saturated rings. The number of nitro benzene ring substituents is 1. The maximum absolute atomic E-state index is 15.1. The first-order chi connectivity index (χ1) is 15.3. The Morgan fingerprint density at radius 2 is 1.69 bits per heavy atom. The lowest BCUT2D eigenvalue weighted by atomic mass is 9.92. The summed E-state index contributed by atoms with van der Waals surface area (Å²) >= 11 is 0. The first kappa shape index (κ1) is 21.1. The third-order valence-electron chi connectivity index (χ3n) is 5.49. The summed E-state index contributed by atoms with van der Waals surface area (Å²) in [6.45, 7) is 2.90. The second-order valence-electron chi connectivity index (χ2n) is 7.57. The highest BCUT2D eigenvalue weighted by Crippen LogP contribution is 2.35. The normalized spacial score (nSPS) is 12.4. The zero-order chi connectivity index (χ0) is 23.0. The number of benzene rings is 3. The van der Waals surface area contributed by atoms with E-state index in [1.807, 2.05) is 0 Å². The summed E-state index contributed by atoms with van der Waals surface area (Å²) in [5.41, 5.74) is 3.26. The fourth-order valence-corrected chi connectivity index (χ4v) is 3.89. The van der Waals surface area contributed by atoms with E-state index in [0.717, 1.165) is 0 Å². The van der Waals surface area contributed by atoms with Crippen LogP contribution in [0.4, 0.5) is 15.8 Å². The van der Waals surface area contributed by atoms with Gasteiger partial charge in [0.25, 0.3) is 5.69 Å². The van der Waals surface area contributed by atoms with Crippen molar-refractivity contribution >= 4 is 35.2 Å². The molecule has 0 atom stereocenters. The van der Waals surface area contributed by atoms with Crippen LogP contribution in [0.1, 0.15) is 40.9 Å². The Labute approximate surface area is 183 Å². The molecule has 0 N–H and O–H groups in total. The topological polar surface area (TPSA) is 80.5 Å². The van der Waals surface area contributed by atoms with Crippen LogP contribution in [-0.4, -0.2) is 16.6 Å². The van der Waals surface area contributed by atoms with Crippen molar-refractivity contribution in [1.29, 1.82) is 0 Å². The average molecular weight is 430 g/mol. The van der Waals surface area contributed by atoms with Gasteiger partial charge in [-0.05, 0) is 47.4 Å². The third kappa shape index (κ3) is 3.80. The molecule has 4 rings (SSSR count). The lowest BCUT2D eigenvalue weighted by Gasteiger charge is -2.26. The minimum absolute atomic E-state index is 0.0959. The van der Waals surface area contributed by atoms with Gasteiger partial charge >= 0.3 is 0 Å². The molecule has 32 heavy (non-hydrogen) atoms. The Hall–Kier alpha value is -4.13. The fraction of sp³-hybridized carbons (Fsp3) is 0.120. The molecule has 7 heteroatoms. The van der Waals surface area contributed by atoms with Gasteiger partial charge in [-0.1, -0.05) is 36.4 Å². The molecule has 0 aliphatic carbocycles. The van der Waals surface area contributed by atoms with Gasteiger partial charge in [-0.2, -0.15) is 0 Å². The predicted octanol–water partition coefficient (Wildman–Crippen LogP) is 5.64. The van der Waals surface area contributed by atoms with Gasteiger partial charge in [-0.25, -0.2) is 4.39 Å². The van der Waals surface area contributed by atoms with Crippen molar-refractivity contribution in [2.45, 2.75) is 20.4 Å². The molecule has 0 bridgehead atoms. The monoisotopic (exact) mass is 430 g/mol. The molecule has 0 saturated carbocycles. The number of carbonyl (C=O) groups excluding carboxylic acids is 2. The maximum atomic E-state index is 15.1. The van der Waals surface area contributed by atoms with Crippen molar-refractivity contribution in [3.8, 4) is 11.1 Å². The number of amides is 1. The van der Waals surface area contributed by atoms with Gasteiger partial charge in [0.1, 0.15) is 5.82 Å². The predicted molar refractivity (Wildman–Crippen MR) is 121 cm³/mol. The summed E-state index contributed by atoms with van der Waals surface area (Å²) in [6.07, 6.45) is 3.43. The number of halogens is 1. The Balaban J connectivity index is 1.90. The zero-order valence-electron chi connectivity index (χ0n) is 17.5. The summed E-state index contributed by atoms with van der Waals surface area (Å²) in [5, 5.41) is 11.3. The molecule has 0 spiro atoms. The van der Waals surface area contributed by atoms with Gasteiger partial charge in [-0.3, -0.25) is 19.7 Å². The first-order valence-electron chi connectivity index (χ1n) is 9.93. The average Bonchev–Trinajstić information content (AvgIpc) is 2.75. The van der Waals surface area contributed by atoms with E-state index in [2.05, 4.69) is 0 Å². The van der Waals surface area contributed by atoms with Crippen molar-refractivity contribution < 1.29 is 18.9 Å². The number of hydrogen-bond acceptors (Lipinski definition) is 4. The van der Waals surface area contributed by atoms with Gasteiger partial charge in [-0.15, -0.1) is 0 Å². The van der Waals surface area contributed by atoms with Crippen LogP contribution >= 0.6 is 0 Å². The summed E-state index contributed by atoms with van der Waals surface area (Å²) in [7, 11) is 0. The maximum Gasteiger partial charge on any atom is 0.271 e. The van der Waals surface area contributed by atoms with Gasteiger partial charge < -0.3 is 4.90 Å². The number of nitro groups is 1. The quantitative estimate of drug-likeness (QED) is 0.306. The summed E-state index contributed by atoms with van der Waals surface area (Å²) in [4.78, 5) is 36.7. The summed E-state index contributed by atoms with van der Waals surface area (Å²) in [5.74, 6) is -0.970. The lowest BCUT2D eigenvalue weighted by molar-refractivity contribution is -0.384. The third-order valence-corrected chi connectivity index (χ3v) is 5.49. The minimum Gasteiger partial charge on any atom is -0.307 e.